The van der Waals surface area contributed by atoms with Gasteiger partial charge >= 0.3 is 0 Å². The third-order valence-corrected chi connectivity index (χ3v) is 1.82. The highest BCUT2D eigenvalue weighted by Crippen LogP contribution is 2.23. The number of halogens is 2. The summed E-state index contributed by atoms with van der Waals surface area (Å²) in [5.74, 6) is -0.464. The summed E-state index contributed by atoms with van der Waals surface area (Å²) < 4.78 is 12.5. The number of hydrogen-bond acceptors (Lipinski definition) is 2. The van der Waals surface area contributed by atoms with Gasteiger partial charge in [0.1, 0.15) is 11.9 Å². The van der Waals surface area contributed by atoms with E-state index in [1.54, 1.807) is 0 Å². The maximum atomic E-state index is 12.5. The van der Waals surface area contributed by atoms with Crippen LogP contribution in [0, 0.1) is 5.82 Å². The maximum Gasteiger partial charge on any atom is 0.124 e. The Balaban J connectivity index is 3.01. The lowest BCUT2D eigenvalue weighted by atomic mass is 10.1. The molecular formula is C8H8ClFO2. The molecule has 0 fully saturated rings. The van der Waals surface area contributed by atoms with Crippen molar-refractivity contribution >= 4 is 11.6 Å². The minimum Gasteiger partial charge on any atom is -0.393 e. The van der Waals surface area contributed by atoms with Gasteiger partial charge in [-0.15, -0.1) is 0 Å². The fraction of sp³-hybridized carbons (Fsp3) is 0.250. The Morgan fingerprint density at radius 2 is 2.17 bits per heavy atom. The summed E-state index contributed by atoms with van der Waals surface area (Å²) in [4.78, 5) is 0. The molecule has 0 aliphatic heterocycles. The minimum atomic E-state index is -1.04. The highest BCUT2D eigenvalue weighted by Gasteiger charge is 2.10. The summed E-state index contributed by atoms with van der Waals surface area (Å²) in [6.07, 6.45) is -1.04. The van der Waals surface area contributed by atoms with E-state index < -0.39 is 18.5 Å². The van der Waals surface area contributed by atoms with Crippen molar-refractivity contribution in [1.29, 1.82) is 0 Å². The molecule has 0 spiro atoms. The van der Waals surface area contributed by atoms with E-state index in [0.717, 1.165) is 6.07 Å². The number of rotatable bonds is 2. The van der Waals surface area contributed by atoms with Gasteiger partial charge in [0.05, 0.1) is 6.61 Å². The van der Waals surface area contributed by atoms with Crippen LogP contribution in [0.4, 0.5) is 4.39 Å². The first-order valence-electron chi connectivity index (χ1n) is 3.39. The highest BCUT2D eigenvalue weighted by molar-refractivity contribution is 6.31. The normalized spacial score (nSPS) is 13.0. The van der Waals surface area contributed by atoms with E-state index in [9.17, 15) is 4.39 Å². The first kappa shape index (κ1) is 9.45. The summed E-state index contributed by atoms with van der Waals surface area (Å²) >= 11 is 5.59. The van der Waals surface area contributed by atoms with Crippen molar-refractivity contribution in [1.82, 2.24) is 0 Å². The highest BCUT2D eigenvalue weighted by atomic mass is 35.5. The van der Waals surface area contributed by atoms with Gasteiger partial charge in [-0.3, -0.25) is 0 Å². The summed E-state index contributed by atoms with van der Waals surface area (Å²) in [7, 11) is 0. The van der Waals surface area contributed by atoms with Gasteiger partial charge in [0.25, 0.3) is 0 Å². The van der Waals surface area contributed by atoms with Gasteiger partial charge in [-0.2, -0.15) is 0 Å². The fourth-order valence-corrected chi connectivity index (χ4v) is 1.16. The Morgan fingerprint density at radius 3 is 2.67 bits per heavy atom. The Hall–Kier alpha value is -0.640. The van der Waals surface area contributed by atoms with E-state index in [1.165, 1.54) is 12.1 Å². The lowest BCUT2D eigenvalue weighted by molar-refractivity contribution is 0.0956. The zero-order valence-corrected chi connectivity index (χ0v) is 6.92. The van der Waals surface area contributed by atoms with Crippen molar-refractivity contribution in [3.05, 3.63) is 34.6 Å². The number of hydrogen-bond donors (Lipinski definition) is 2. The molecule has 12 heavy (non-hydrogen) atoms. The SMILES string of the molecule is OCC(O)c1ccc(F)cc1Cl. The molecular weight excluding hydrogens is 183 g/mol. The van der Waals surface area contributed by atoms with Crippen LogP contribution in [-0.4, -0.2) is 16.8 Å². The van der Waals surface area contributed by atoms with Gasteiger partial charge in [0.15, 0.2) is 0 Å². The van der Waals surface area contributed by atoms with E-state index in [1.807, 2.05) is 0 Å². The molecule has 0 radical (unpaired) electrons. The van der Waals surface area contributed by atoms with Crippen LogP contribution in [0.1, 0.15) is 11.7 Å². The van der Waals surface area contributed by atoms with E-state index in [2.05, 4.69) is 0 Å². The Labute approximate surface area is 74.2 Å². The van der Waals surface area contributed by atoms with Crippen LogP contribution >= 0.6 is 11.6 Å². The zero-order chi connectivity index (χ0) is 9.14. The van der Waals surface area contributed by atoms with Crippen molar-refractivity contribution in [3.63, 3.8) is 0 Å². The molecule has 0 heterocycles. The van der Waals surface area contributed by atoms with E-state index >= 15 is 0 Å². The van der Waals surface area contributed by atoms with Crippen molar-refractivity contribution < 1.29 is 14.6 Å². The largest absolute Gasteiger partial charge is 0.393 e. The van der Waals surface area contributed by atoms with Crippen molar-refractivity contribution in [2.75, 3.05) is 6.61 Å². The number of benzene rings is 1. The van der Waals surface area contributed by atoms with Crippen LogP contribution in [0.2, 0.25) is 5.02 Å². The first-order chi connectivity index (χ1) is 5.65. The summed E-state index contributed by atoms with van der Waals surface area (Å²) in [5.41, 5.74) is 0.334. The molecule has 0 bridgehead atoms. The third kappa shape index (κ3) is 1.94. The predicted molar refractivity (Wildman–Crippen MR) is 43.5 cm³/mol. The van der Waals surface area contributed by atoms with Gasteiger partial charge < -0.3 is 10.2 Å². The van der Waals surface area contributed by atoms with Crippen LogP contribution in [0.15, 0.2) is 18.2 Å². The van der Waals surface area contributed by atoms with Gasteiger partial charge in [0, 0.05) is 10.6 Å². The number of aliphatic hydroxyl groups is 2. The minimum absolute atomic E-state index is 0.122. The van der Waals surface area contributed by atoms with Gasteiger partial charge in [-0.1, -0.05) is 17.7 Å². The third-order valence-electron chi connectivity index (χ3n) is 1.49. The standard InChI is InChI=1S/C8H8ClFO2/c9-7-3-5(10)1-2-6(7)8(12)4-11/h1-3,8,11-12H,4H2. The predicted octanol–water partition coefficient (Wildman–Crippen LogP) is 1.50. The van der Waals surface area contributed by atoms with E-state index in [0.29, 0.717) is 5.56 Å². The van der Waals surface area contributed by atoms with Crippen LogP contribution in [-0.2, 0) is 0 Å². The molecule has 1 aromatic rings. The van der Waals surface area contributed by atoms with Crippen molar-refractivity contribution in [2.24, 2.45) is 0 Å². The average Bonchev–Trinajstić information content (AvgIpc) is 2.03. The molecule has 0 saturated carbocycles. The second-order valence-electron chi connectivity index (χ2n) is 2.36. The zero-order valence-electron chi connectivity index (χ0n) is 6.17. The van der Waals surface area contributed by atoms with Crippen molar-refractivity contribution in [2.45, 2.75) is 6.10 Å². The Bertz CT molecular complexity index is 278. The molecule has 4 heteroatoms. The average molecular weight is 191 g/mol. The van der Waals surface area contributed by atoms with Gasteiger partial charge in [0.2, 0.25) is 0 Å². The van der Waals surface area contributed by atoms with Crippen LogP contribution in [0.3, 0.4) is 0 Å². The van der Waals surface area contributed by atoms with Crippen LogP contribution in [0.25, 0.3) is 0 Å². The quantitative estimate of drug-likeness (QED) is 0.742. The lowest BCUT2D eigenvalue weighted by Crippen LogP contribution is -2.03. The second kappa shape index (κ2) is 3.85. The summed E-state index contributed by atoms with van der Waals surface area (Å²) in [6, 6.07) is 3.62. The molecule has 0 saturated heterocycles. The summed E-state index contributed by atoms with van der Waals surface area (Å²) in [6.45, 7) is -0.425. The fourth-order valence-electron chi connectivity index (χ4n) is 0.870. The molecule has 1 unspecified atom stereocenters. The summed E-state index contributed by atoms with van der Waals surface area (Å²) in [5, 5.41) is 17.8. The van der Waals surface area contributed by atoms with Crippen LogP contribution in [0.5, 0.6) is 0 Å². The number of aliphatic hydroxyl groups excluding tert-OH is 2. The molecule has 2 N–H and O–H groups in total. The molecule has 1 rings (SSSR count). The topological polar surface area (TPSA) is 40.5 Å². The monoisotopic (exact) mass is 190 g/mol. The first-order valence-corrected chi connectivity index (χ1v) is 3.77. The molecule has 0 aromatic heterocycles. The Morgan fingerprint density at radius 1 is 1.50 bits per heavy atom. The smallest absolute Gasteiger partial charge is 0.124 e. The maximum absolute atomic E-state index is 12.5. The molecule has 1 aromatic carbocycles. The molecule has 2 nitrogen and oxygen atoms in total. The van der Waals surface area contributed by atoms with Gasteiger partial charge in [-0.05, 0) is 12.1 Å². The molecule has 0 aliphatic rings. The molecule has 1 atom stereocenters. The van der Waals surface area contributed by atoms with Crippen molar-refractivity contribution in [3.8, 4) is 0 Å². The van der Waals surface area contributed by atoms with E-state index in [4.69, 9.17) is 21.8 Å². The molecule has 0 amide bonds. The van der Waals surface area contributed by atoms with Crippen LogP contribution < -0.4 is 0 Å². The van der Waals surface area contributed by atoms with Gasteiger partial charge in [-0.25, -0.2) is 4.39 Å². The lowest BCUT2D eigenvalue weighted by Gasteiger charge is -2.08. The molecule has 0 aliphatic carbocycles. The van der Waals surface area contributed by atoms with E-state index in [-0.39, 0.29) is 5.02 Å². The molecule has 66 valence electrons. The second-order valence-corrected chi connectivity index (χ2v) is 2.77. The Kier molecular flexibility index (Phi) is 3.03.